The maximum Gasteiger partial charge on any atom is 0.238 e. The number of benzene rings is 2. The van der Waals surface area contributed by atoms with Gasteiger partial charge in [0.1, 0.15) is 5.75 Å². The lowest BCUT2D eigenvalue weighted by molar-refractivity contribution is -0.149. The predicted molar refractivity (Wildman–Crippen MR) is 134 cm³/mol. The van der Waals surface area contributed by atoms with Crippen molar-refractivity contribution in [3.05, 3.63) is 83.8 Å². The second-order valence-electron chi connectivity index (χ2n) is 9.80. The Morgan fingerprint density at radius 2 is 1.86 bits per heavy atom. The Morgan fingerprint density at radius 1 is 1.09 bits per heavy atom. The first kappa shape index (κ1) is 23.5. The molecule has 0 saturated carbocycles. The topological polar surface area (TPSA) is 64.5 Å². The highest BCUT2D eigenvalue weighted by Gasteiger charge is 2.43. The van der Waals surface area contributed by atoms with E-state index >= 15 is 0 Å². The van der Waals surface area contributed by atoms with Crippen LogP contribution < -0.4 is 4.74 Å². The highest BCUT2D eigenvalue weighted by Crippen LogP contribution is 2.38. The third-order valence-corrected chi connectivity index (χ3v) is 7.35. The molecule has 0 bridgehead atoms. The van der Waals surface area contributed by atoms with E-state index < -0.39 is 5.41 Å². The van der Waals surface area contributed by atoms with Gasteiger partial charge in [0.2, 0.25) is 11.8 Å². The average Bonchev–Trinajstić information content (AvgIpc) is 2.91. The molecule has 3 heterocycles. The summed E-state index contributed by atoms with van der Waals surface area (Å²) in [6.07, 6.45) is 7.70. The van der Waals surface area contributed by atoms with E-state index in [4.69, 9.17) is 14.5 Å². The number of ether oxygens (including phenoxy) is 2. The van der Waals surface area contributed by atoms with Crippen molar-refractivity contribution in [1.29, 1.82) is 0 Å². The minimum atomic E-state index is -0.400. The molecule has 5 rings (SSSR count). The van der Waals surface area contributed by atoms with E-state index in [9.17, 15) is 4.79 Å². The molecule has 2 saturated heterocycles. The SMILES string of the molecule is Cc1ccccc1Oc1cncc(C2CCCN(C(=O)C3(Cc4ccccc4)CCOCC3)C2)n1. The van der Waals surface area contributed by atoms with E-state index in [-0.39, 0.29) is 11.8 Å². The fourth-order valence-corrected chi connectivity index (χ4v) is 5.35. The van der Waals surface area contributed by atoms with Gasteiger partial charge in [-0.2, -0.15) is 0 Å². The Hall–Kier alpha value is -3.25. The van der Waals surface area contributed by atoms with Crippen molar-refractivity contribution in [3.63, 3.8) is 0 Å². The zero-order valence-corrected chi connectivity index (χ0v) is 20.4. The molecule has 6 heteroatoms. The third kappa shape index (κ3) is 5.38. The number of amides is 1. The molecular formula is C29H33N3O3. The number of aromatic nitrogens is 2. The quantitative estimate of drug-likeness (QED) is 0.487. The highest BCUT2D eigenvalue weighted by atomic mass is 16.5. The lowest BCUT2D eigenvalue weighted by atomic mass is 9.73. The second kappa shape index (κ2) is 10.6. The summed E-state index contributed by atoms with van der Waals surface area (Å²) in [5.41, 5.74) is 2.75. The van der Waals surface area contributed by atoms with Crippen LogP contribution in [0.15, 0.2) is 67.0 Å². The summed E-state index contributed by atoms with van der Waals surface area (Å²) < 4.78 is 11.7. The van der Waals surface area contributed by atoms with Crippen molar-refractivity contribution in [2.24, 2.45) is 5.41 Å². The van der Waals surface area contributed by atoms with Crippen LogP contribution in [-0.2, 0) is 16.0 Å². The number of aryl methyl sites for hydroxylation is 1. The van der Waals surface area contributed by atoms with Crippen molar-refractivity contribution < 1.29 is 14.3 Å². The number of nitrogens with zero attached hydrogens (tertiary/aromatic N) is 3. The average molecular weight is 472 g/mol. The molecular weight excluding hydrogens is 438 g/mol. The smallest absolute Gasteiger partial charge is 0.238 e. The standard InChI is InChI=1S/C29H33N3O3/c1-22-8-5-6-12-26(22)35-27-20-30-19-25(31-27)24-11-7-15-32(21-24)28(33)29(13-16-34-17-14-29)18-23-9-3-2-4-10-23/h2-6,8-10,12,19-20,24H,7,11,13-18,21H2,1H3. The van der Waals surface area contributed by atoms with Crippen molar-refractivity contribution in [3.8, 4) is 11.6 Å². The molecule has 0 aliphatic carbocycles. The number of piperidine rings is 1. The van der Waals surface area contributed by atoms with Crippen molar-refractivity contribution >= 4 is 5.91 Å². The number of para-hydroxylation sites is 1. The molecule has 182 valence electrons. The molecule has 2 aliphatic heterocycles. The molecule has 1 amide bonds. The monoisotopic (exact) mass is 471 g/mol. The first-order valence-corrected chi connectivity index (χ1v) is 12.6. The van der Waals surface area contributed by atoms with Crippen LogP contribution in [0.2, 0.25) is 0 Å². The van der Waals surface area contributed by atoms with Crippen molar-refractivity contribution in [1.82, 2.24) is 14.9 Å². The van der Waals surface area contributed by atoms with Gasteiger partial charge in [-0.3, -0.25) is 9.78 Å². The number of hydrogen-bond donors (Lipinski definition) is 0. The molecule has 2 aromatic carbocycles. The van der Waals surface area contributed by atoms with E-state index in [1.807, 2.05) is 43.5 Å². The zero-order chi connectivity index (χ0) is 24.1. The second-order valence-corrected chi connectivity index (χ2v) is 9.80. The van der Waals surface area contributed by atoms with Gasteiger partial charge in [-0.25, -0.2) is 4.98 Å². The summed E-state index contributed by atoms with van der Waals surface area (Å²) in [6, 6.07) is 18.3. The lowest BCUT2D eigenvalue weighted by Crippen LogP contribution is -2.51. The Labute approximate surface area is 207 Å². The van der Waals surface area contributed by atoms with Gasteiger partial charge in [0.25, 0.3) is 0 Å². The van der Waals surface area contributed by atoms with Gasteiger partial charge in [-0.05, 0) is 56.2 Å². The number of carbonyl (C=O) groups is 1. The van der Waals surface area contributed by atoms with E-state index in [1.165, 1.54) is 5.56 Å². The minimum absolute atomic E-state index is 0.147. The van der Waals surface area contributed by atoms with Crippen LogP contribution in [0.1, 0.15) is 48.4 Å². The molecule has 35 heavy (non-hydrogen) atoms. The van der Waals surface area contributed by atoms with Crippen molar-refractivity contribution in [2.75, 3.05) is 26.3 Å². The maximum absolute atomic E-state index is 14.0. The summed E-state index contributed by atoms with van der Waals surface area (Å²) in [4.78, 5) is 25.3. The Kier molecular flexibility index (Phi) is 7.09. The van der Waals surface area contributed by atoms with Crippen LogP contribution in [0.25, 0.3) is 0 Å². The first-order valence-electron chi connectivity index (χ1n) is 12.6. The van der Waals surface area contributed by atoms with Gasteiger partial charge in [-0.15, -0.1) is 0 Å². The van der Waals surface area contributed by atoms with Gasteiger partial charge < -0.3 is 14.4 Å². The van der Waals surface area contributed by atoms with Crippen molar-refractivity contribution in [2.45, 2.75) is 44.9 Å². The summed E-state index contributed by atoms with van der Waals surface area (Å²) >= 11 is 0. The van der Waals surface area contributed by atoms with Crippen LogP contribution in [0.3, 0.4) is 0 Å². The Balaban J connectivity index is 1.32. The molecule has 6 nitrogen and oxygen atoms in total. The number of rotatable bonds is 6. The van der Waals surface area contributed by atoms with Crippen LogP contribution in [-0.4, -0.2) is 47.1 Å². The lowest BCUT2D eigenvalue weighted by Gasteiger charge is -2.42. The largest absolute Gasteiger partial charge is 0.437 e. The molecule has 1 unspecified atom stereocenters. The fourth-order valence-electron chi connectivity index (χ4n) is 5.35. The number of carbonyl (C=O) groups excluding carboxylic acids is 1. The normalized spacial score (nSPS) is 19.8. The number of likely N-dealkylation sites (tertiary alicyclic amines) is 1. The molecule has 0 radical (unpaired) electrons. The molecule has 2 aliphatic rings. The van der Waals surface area contributed by atoms with Gasteiger partial charge >= 0.3 is 0 Å². The van der Waals surface area contributed by atoms with Crippen LogP contribution >= 0.6 is 0 Å². The minimum Gasteiger partial charge on any atom is -0.437 e. The predicted octanol–water partition coefficient (Wildman–Crippen LogP) is 5.32. The molecule has 1 aromatic heterocycles. The highest BCUT2D eigenvalue weighted by molar-refractivity contribution is 5.83. The zero-order valence-electron chi connectivity index (χ0n) is 20.4. The van der Waals surface area contributed by atoms with E-state index in [0.717, 1.165) is 55.7 Å². The summed E-state index contributed by atoms with van der Waals surface area (Å²) in [5.74, 6) is 1.68. The van der Waals surface area contributed by atoms with Crippen LogP contribution in [0, 0.1) is 12.3 Å². The Morgan fingerprint density at radius 3 is 2.66 bits per heavy atom. The molecule has 1 atom stereocenters. The third-order valence-electron chi connectivity index (χ3n) is 7.35. The Bertz CT molecular complexity index is 1140. The van der Waals surface area contributed by atoms with Gasteiger partial charge in [0.05, 0.1) is 17.3 Å². The van der Waals surface area contributed by atoms with E-state index in [0.29, 0.717) is 25.6 Å². The first-order chi connectivity index (χ1) is 17.1. The van der Waals surface area contributed by atoms with Gasteiger partial charge in [0, 0.05) is 38.4 Å². The van der Waals surface area contributed by atoms with E-state index in [1.54, 1.807) is 6.20 Å². The van der Waals surface area contributed by atoms with Crippen LogP contribution in [0.5, 0.6) is 11.6 Å². The molecule has 3 aromatic rings. The number of hydrogen-bond acceptors (Lipinski definition) is 5. The summed E-state index contributed by atoms with van der Waals surface area (Å²) in [6.45, 7) is 4.75. The van der Waals surface area contributed by atoms with Gasteiger partial charge in [-0.1, -0.05) is 48.5 Å². The molecule has 0 spiro atoms. The summed E-state index contributed by atoms with van der Waals surface area (Å²) in [5, 5.41) is 0. The summed E-state index contributed by atoms with van der Waals surface area (Å²) in [7, 11) is 0. The van der Waals surface area contributed by atoms with Crippen LogP contribution in [0.4, 0.5) is 0 Å². The fraction of sp³-hybridized carbons (Fsp3) is 0.414. The van der Waals surface area contributed by atoms with E-state index in [2.05, 4.69) is 34.1 Å². The molecule has 2 fully saturated rings. The molecule has 0 N–H and O–H groups in total. The van der Waals surface area contributed by atoms with Gasteiger partial charge in [0.15, 0.2) is 0 Å². The maximum atomic E-state index is 14.0.